The van der Waals surface area contributed by atoms with E-state index in [9.17, 15) is 18.4 Å². The van der Waals surface area contributed by atoms with Crippen LogP contribution in [0.2, 0.25) is 0 Å². The lowest BCUT2D eigenvalue weighted by atomic mass is 9.93. The Morgan fingerprint density at radius 3 is 2.52 bits per heavy atom. The van der Waals surface area contributed by atoms with Crippen LogP contribution in [0, 0.1) is 17.6 Å². The molecule has 0 aromatic heterocycles. The van der Waals surface area contributed by atoms with Crippen LogP contribution in [0.25, 0.3) is 0 Å². The van der Waals surface area contributed by atoms with Gasteiger partial charge in [-0.2, -0.15) is 0 Å². The Labute approximate surface area is 189 Å². The van der Waals surface area contributed by atoms with Crippen molar-refractivity contribution in [2.45, 2.75) is 25.9 Å². The summed E-state index contributed by atoms with van der Waals surface area (Å²) in [6, 6.07) is 9.49. The van der Waals surface area contributed by atoms with Gasteiger partial charge in [0, 0.05) is 12.1 Å². The van der Waals surface area contributed by atoms with Crippen molar-refractivity contribution in [2.75, 3.05) is 18.5 Å². The van der Waals surface area contributed by atoms with Gasteiger partial charge >= 0.3 is 6.09 Å². The Morgan fingerprint density at radius 2 is 1.88 bits per heavy atom. The molecule has 4 N–H and O–H groups in total. The average molecular weight is 464 g/mol. The summed E-state index contributed by atoms with van der Waals surface area (Å²) in [5.41, 5.74) is 1.91. The smallest absolute Gasteiger partial charge is 0.412 e. The number of rotatable bonds is 11. The van der Waals surface area contributed by atoms with Gasteiger partial charge in [0.15, 0.2) is 0 Å². The Balaban J connectivity index is 2.13. The molecule has 0 heterocycles. The second-order valence-electron chi connectivity index (χ2n) is 7.15. The van der Waals surface area contributed by atoms with Crippen molar-refractivity contribution in [1.29, 1.82) is 0 Å². The number of aliphatic hydroxyl groups is 1. The number of carbonyl (C=O) groups is 2. The lowest BCUT2D eigenvalue weighted by Gasteiger charge is -2.25. The summed E-state index contributed by atoms with van der Waals surface area (Å²) in [5.74, 6) is -2.07. The van der Waals surface area contributed by atoms with Gasteiger partial charge in [-0.05, 0) is 48.6 Å². The number of benzene rings is 2. The molecule has 2 amide bonds. The minimum Gasteiger partial charge on any atom is -0.491 e. The van der Waals surface area contributed by atoms with E-state index in [0.717, 1.165) is 12.1 Å². The van der Waals surface area contributed by atoms with E-state index < -0.39 is 29.7 Å². The van der Waals surface area contributed by atoms with Crippen LogP contribution in [0.4, 0.5) is 19.3 Å². The number of allylic oxidation sites excluding steroid dienone is 1. The monoisotopic (exact) mass is 464 g/mol. The molecule has 2 rings (SSSR count). The number of anilines is 1. The highest BCUT2D eigenvalue weighted by Crippen LogP contribution is 2.31. The minimum absolute atomic E-state index is 0.132. The number of nitrogens with one attached hydrogen (secondary N) is 2. The second kappa shape index (κ2) is 13.1. The van der Waals surface area contributed by atoms with Gasteiger partial charge < -0.3 is 14.6 Å². The molecule has 0 unspecified atom stereocenters. The molecule has 0 saturated carbocycles. The van der Waals surface area contributed by atoms with Gasteiger partial charge in [-0.1, -0.05) is 25.1 Å². The van der Waals surface area contributed by atoms with Gasteiger partial charge in [0.2, 0.25) is 0 Å². The van der Waals surface area contributed by atoms with Crippen LogP contribution in [0.15, 0.2) is 54.6 Å². The number of aliphatic hydroxyl groups excluding tert-OH is 1. The first-order valence-electron chi connectivity index (χ1n) is 10.2. The van der Waals surface area contributed by atoms with Crippen molar-refractivity contribution in [3.05, 3.63) is 71.8 Å². The number of amides is 2. The molecule has 0 bridgehead atoms. The third kappa shape index (κ3) is 8.51. The molecule has 8 nitrogen and oxygen atoms in total. The van der Waals surface area contributed by atoms with Crippen LogP contribution in [0.3, 0.4) is 0 Å². The zero-order chi connectivity index (χ0) is 24.2. The van der Waals surface area contributed by atoms with E-state index >= 15 is 0 Å². The maximum absolute atomic E-state index is 13.9. The molecular formula is C23H26F2N2O6. The van der Waals surface area contributed by atoms with Crippen molar-refractivity contribution in [3.63, 3.8) is 0 Å². The van der Waals surface area contributed by atoms with E-state index in [2.05, 4.69) is 5.32 Å². The summed E-state index contributed by atoms with van der Waals surface area (Å²) in [7, 11) is 0. The fraction of sp³-hybridized carbons (Fsp3) is 0.304. The molecule has 0 radical (unpaired) electrons. The Morgan fingerprint density at radius 1 is 1.15 bits per heavy atom. The molecule has 2 aromatic carbocycles. The summed E-state index contributed by atoms with van der Waals surface area (Å²) in [4.78, 5) is 23.5. The standard InChI is InChI=1S/C23H26F2N2O6/c1-15(4-2-3-5-21(29)27-31)22(16-6-9-18(10-7-16)32-13-12-28)33-23(30)26-20-11-8-17(24)14-19(20)25/h3,5-11,14-15,22,28,31H,2,4,12-13H2,1H3,(H,26,30)(H,27,29)/b5-3+/t15-,22+/m1/s1. The summed E-state index contributed by atoms with van der Waals surface area (Å²) in [5, 5.41) is 19.7. The first-order chi connectivity index (χ1) is 15.8. The molecule has 178 valence electrons. The first kappa shape index (κ1) is 25.8. The van der Waals surface area contributed by atoms with Gasteiger partial charge in [-0.3, -0.25) is 15.3 Å². The molecule has 0 aliphatic rings. The van der Waals surface area contributed by atoms with Crippen LogP contribution in [0.1, 0.15) is 31.4 Å². The molecule has 2 atom stereocenters. The average Bonchev–Trinajstić information content (AvgIpc) is 2.80. The van der Waals surface area contributed by atoms with Gasteiger partial charge in [-0.25, -0.2) is 19.1 Å². The number of ether oxygens (including phenoxy) is 2. The quantitative estimate of drug-likeness (QED) is 0.226. The molecule has 33 heavy (non-hydrogen) atoms. The number of halogens is 2. The second-order valence-corrected chi connectivity index (χ2v) is 7.15. The third-order valence-corrected chi connectivity index (χ3v) is 4.66. The minimum atomic E-state index is -0.936. The number of carbonyl (C=O) groups excluding carboxylic acids is 2. The lowest BCUT2D eigenvalue weighted by molar-refractivity contribution is -0.124. The van der Waals surface area contributed by atoms with Crippen LogP contribution in [0.5, 0.6) is 5.75 Å². The molecule has 0 spiro atoms. The Kier molecular flexibility index (Phi) is 10.3. The van der Waals surface area contributed by atoms with Crippen molar-refractivity contribution >= 4 is 17.7 Å². The third-order valence-electron chi connectivity index (χ3n) is 4.66. The molecule has 2 aromatic rings. The number of hydrogen-bond acceptors (Lipinski definition) is 6. The van der Waals surface area contributed by atoms with Gasteiger partial charge in [0.25, 0.3) is 5.91 Å². The zero-order valence-corrected chi connectivity index (χ0v) is 18.0. The molecular weight excluding hydrogens is 438 g/mol. The SMILES string of the molecule is C[C@H](CC/C=C/C(=O)NO)[C@H](OC(=O)Nc1ccc(F)cc1F)c1ccc(OCCO)cc1. The zero-order valence-electron chi connectivity index (χ0n) is 18.0. The maximum atomic E-state index is 13.9. The summed E-state index contributed by atoms with van der Waals surface area (Å²) < 4.78 is 37.9. The summed E-state index contributed by atoms with van der Waals surface area (Å²) in [6.07, 6.45) is 2.06. The normalized spacial score (nSPS) is 12.8. The molecule has 0 aliphatic carbocycles. The van der Waals surface area contributed by atoms with Crippen molar-refractivity contribution in [3.8, 4) is 5.75 Å². The summed E-state index contributed by atoms with van der Waals surface area (Å²) in [6.45, 7) is 1.84. The van der Waals surface area contributed by atoms with Crippen LogP contribution < -0.4 is 15.5 Å². The molecule has 0 fully saturated rings. The van der Waals surface area contributed by atoms with Gasteiger partial charge in [0.1, 0.15) is 30.1 Å². The van der Waals surface area contributed by atoms with Crippen molar-refractivity contribution in [2.24, 2.45) is 5.92 Å². The van der Waals surface area contributed by atoms with Crippen molar-refractivity contribution < 1.29 is 38.2 Å². The summed E-state index contributed by atoms with van der Waals surface area (Å²) >= 11 is 0. The fourth-order valence-corrected chi connectivity index (χ4v) is 3.01. The first-order valence-corrected chi connectivity index (χ1v) is 10.2. The van der Waals surface area contributed by atoms with E-state index in [1.165, 1.54) is 11.6 Å². The predicted molar refractivity (Wildman–Crippen MR) is 116 cm³/mol. The van der Waals surface area contributed by atoms with E-state index in [-0.39, 0.29) is 24.8 Å². The highest BCUT2D eigenvalue weighted by molar-refractivity contribution is 5.86. The highest BCUT2D eigenvalue weighted by atomic mass is 19.1. The van der Waals surface area contributed by atoms with Crippen LogP contribution >= 0.6 is 0 Å². The van der Waals surface area contributed by atoms with Crippen LogP contribution in [-0.2, 0) is 9.53 Å². The molecule has 0 saturated heterocycles. The highest BCUT2D eigenvalue weighted by Gasteiger charge is 2.24. The topological polar surface area (TPSA) is 117 Å². The van der Waals surface area contributed by atoms with Crippen molar-refractivity contribution in [1.82, 2.24) is 5.48 Å². The lowest BCUT2D eigenvalue weighted by Crippen LogP contribution is -2.22. The molecule has 10 heteroatoms. The van der Waals surface area contributed by atoms with E-state index in [1.807, 2.05) is 6.92 Å². The largest absolute Gasteiger partial charge is 0.491 e. The fourth-order valence-electron chi connectivity index (χ4n) is 3.01. The Hall–Kier alpha value is -3.50. The predicted octanol–water partition coefficient (Wildman–Crippen LogP) is 4.10. The maximum Gasteiger partial charge on any atom is 0.412 e. The Bertz CT molecular complexity index is 952. The number of hydrogen-bond donors (Lipinski definition) is 4. The van der Waals surface area contributed by atoms with Gasteiger partial charge in [-0.15, -0.1) is 0 Å². The van der Waals surface area contributed by atoms with E-state index in [1.54, 1.807) is 30.3 Å². The van der Waals surface area contributed by atoms with Crippen LogP contribution in [-0.4, -0.2) is 35.5 Å². The molecule has 0 aliphatic heterocycles. The van der Waals surface area contributed by atoms with E-state index in [0.29, 0.717) is 30.2 Å². The van der Waals surface area contributed by atoms with Gasteiger partial charge in [0.05, 0.1) is 12.3 Å². The van der Waals surface area contributed by atoms with E-state index in [4.69, 9.17) is 19.8 Å². The number of hydroxylamine groups is 1.